The lowest BCUT2D eigenvalue weighted by Crippen LogP contribution is -2.19. The highest BCUT2D eigenvalue weighted by molar-refractivity contribution is 7.91. The quantitative estimate of drug-likeness (QED) is 0.664. The van der Waals surface area contributed by atoms with Gasteiger partial charge in [0.25, 0.3) is 0 Å². The molecule has 0 aliphatic carbocycles. The molecule has 0 bridgehead atoms. The van der Waals surface area contributed by atoms with Crippen LogP contribution < -0.4 is 5.73 Å². The number of nitrogens with zero attached hydrogens (tertiary/aromatic N) is 1. The minimum absolute atomic E-state index is 0.282. The Morgan fingerprint density at radius 3 is 2.80 bits per heavy atom. The van der Waals surface area contributed by atoms with Gasteiger partial charge < -0.3 is 10.5 Å². The Labute approximate surface area is 116 Å². The van der Waals surface area contributed by atoms with Gasteiger partial charge >= 0.3 is 5.97 Å². The molecule has 2 aromatic rings. The number of carbonyl (C=O) groups is 1. The summed E-state index contributed by atoms with van der Waals surface area (Å²) in [6.07, 6.45) is 1.57. The summed E-state index contributed by atoms with van der Waals surface area (Å²) in [5, 5.41) is 0.693. The summed E-state index contributed by atoms with van der Waals surface area (Å²) in [6.45, 7) is 0. The van der Waals surface area contributed by atoms with E-state index in [9.17, 15) is 13.2 Å². The number of hydrogen-bond acceptors (Lipinski definition) is 6. The summed E-state index contributed by atoms with van der Waals surface area (Å²) in [5.41, 5.74) is 7.40. The SMILES string of the molecule is COC(=O)CS(=O)(=O)Cc1ccc(N)c2cccnc12. The van der Waals surface area contributed by atoms with Crippen molar-refractivity contribution in [3.63, 3.8) is 0 Å². The highest BCUT2D eigenvalue weighted by Crippen LogP contribution is 2.24. The first kappa shape index (κ1) is 14.3. The van der Waals surface area contributed by atoms with Crippen LogP contribution in [0.5, 0.6) is 0 Å². The summed E-state index contributed by atoms with van der Waals surface area (Å²) in [4.78, 5) is 15.3. The van der Waals surface area contributed by atoms with E-state index in [4.69, 9.17) is 5.73 Å². The van der Waals surface area contributed by atoms with E-state index in [1.54, 1.807) is 30.5 Å². The molecule has 0 saturated heterocycles. The molecule has 106 valence electrons. The Hall–Kier alpha value is -2.15. The molecular formula is C13H14N2O4S. The van der Waals surface area contributed by atoms with Gasteiger partial charge in [-0.05, 0) is 23.8 Å². The standard InChI is InChI=1S/C13H14N2O4S/c1-19-12(16)8-20(17,18)7-9-4-5-11(14)10-3-2-6-15-13(9)10/h2-6H,7-8,14H2,1H3. The van der Waals surface area contributed by atoms with E-state index >= 15 is 0 Å². The molecule has 6 nitrogen and oxygen atoms in total. The van der Waals surface area contributed by atoms with Crippen molar-refractivity contribution < 1.29 is 17.9 Å². The zero-order valence-corrected chi connectivity index (χ0v) is 11.7. The average Bonchev–Trinajstić information content (AvgIpc) is 2.41. The van der Waals surface area contributed by atoms with Crippen molar-refractivity contribution in [2.24, 2.45) is 0 Å². The second-order valence-electron chi connectivity index (χ2n) is 4.32. The van der Waals surface area contributed by atoms with Gasteiger partial charge in [0.2, 0.25) is 0 Å². The molecule has 20 heavy (non-hydrogen) atoms. The summed E-state index contributed by atoms with van der Waals surface area (Å²) < 4.78 is 28.3. The van der Waals surface area contributed by atoms with E-state index in [0.717, 1.165) is 7.11 Å². The van der Waals surface area contributed by atoms with Crippen LogP contribution in [-0.4, -0.2) is 32.2 Å². The Balaban J connectivity index is 2.40. The van der Waals surface area contributed by atoms with Gasteiger partial charge in [0.15, 0.2) is 9.84 Å². The normalized spacial score (nSPS) is 11.4. The number of hydrogen-bond donors (Lipinski definition) is 1. The third-order valence-corrected chi connectivity index (χ3v) is 4.25. The highest BCUT2D eigenvalue weighted by atomic mass is 32.2. The minimum atomic E-state index is -3.61. The van der Waals surface area contributed by atoms with Gasteiger partial charge in [0, 0.05) is 17.3 Å². The molecular weight excluding hydrogens is 280 g/mol. The molecule has 1 aromatic heterocycles. The molecule has 0 radical (unpaired) electrons. The van der Waals surface area contributed by atoms with Crippen molar-refractivity contribution in [1.82, 2.24) is 4.98 Å². The van der Waals surface area contributed by atoms with Crippen molar-refractivity contribution in [3.8, 4) is 0 Å². The van der Waals surface area contributed by atoms with Crippen LogP contribution in [0.2, 0.25) is 0 Å². The summed E-state index contributed by atoms with van der Waals surface area (Å²) in [7, 11) is -2.45. The van der Waals surface area contributed by atoms with E-state index in [1.807, 2.05) is 0 Å². The van der Waals surface area contributed by atoms with Crippen LogP contribution in [0, 0.1) is 0 Å². The summed E-state index contributed by atoms with van der Waals surface area (Å²) in [6, 6.07) is 6.74. The predicted octanol–water partition coefficient (Wildman–Crippen LogP) is 0.905. The molecule has 7 heteroatoms. The number of sulfone groups is 1. The zero-order valence-electron chi connectivity index (χ0n) is 10.9. The van der Waals surface area contributed by atoms with Crippen molar-refractivity contribution >= 4 is 32.4 Å². The fraction of sp³-hybridized carbons (Fsp3) is 0.231. The molecule has 0 spiro atoms. The molecule has 0 fully saturated rings. The first-order chi connectivity index (χ1) is 9.43. The van der Waals surface area contributed by atoms with E-state index < -0.39 is 21.6 Å². The number of rotatable bonds is 4. The summed E-state index contributed by atoms with van der Waals surface area (Å²) >= 11 is 0. The van der Waals surface area contributed by atoms with Gasteiger partial charge in [0.05, 0.1) is 18.4 Å². The number of methoxy groups -OCH3 is 1. The number of carbonyl (C=O) groups excluding carboxylic acids is 1. The number of nitrogen functional groups attached to an aromatic ring is 1. The van der Waals surface area contributed by atoms with E-state index in [-0.39, 0.29) is 5.75 Å². The molecule has 2 N–H and O–H groups in total. The van der Waals surface area contributed by atoms with Gasteiger partial charge in [-0.3, -0.25) is 9.78 Å². The van der Waals surface area contributed by atoms with Crippen molar-refractivity contribution in [3.05, 3.63) is 36.0 Å². The van der Waals surface area contributed by atoms with Crippen LogP contribution in [0.15, 0.2) is 30.5 Å². The largest absolute Gasteiger partial charge is 0.468 e. The number of benzene rings is 1. The Morgan fingerprint density at radius 2 is 2.10 bits per heavy atom. The van der Waals surface area contributed by atoms with Gasteiger partial charge in [0.1, 0.15) is 5.75 Å². The molecule has 0 aliphatic heterocycles. The maximum atomic E-state index is 11.9. The van der Waals surface area contributed by atoms with E-state index in [2.05, 4.69) is 9.72 Å². The second-order valence-corrected chi connectivity index (χ2v) is 6.39. The fourth-order valence-electron chi connectivity index (χ4n) is 1.90. The molecule has 2 rings (SSSR count). The lowest BCUT2D eigenvalue weighted by Gasteiger charge is -2.08. The second kappa shape index (κ2) is 5.46. The van der Waals surface area contributed by atoms with Crippen molar-refractivity contribution in [1.29, 1.82) is 0 Å². The number of esters is 1. The molecule has 0 amide bonds. The van der Waals surface area contributed by atoms with Crippen LogP contribution in [0.1, 0.15) is 5.56 Å². The lowest BCUT2D eigenvalue weighted by atomic mass is 10.1. The van der Waals surface area contributed by atoms with Gasteiger partial charge in [-0.15, -0.1) is 0 Å². The van der Waals surface area contributed by atoms with E-state index in [1.165, 1.54) is 0 Å². The first-order valence-corrected chi connectivity index (χ1v) is 7.64. The number of nitrogens with two attached hydrogens (primary N) is 1. The van der Waals surface area contributed by atoms with Crippen molar-refractivity contribution in [2.45, 2.75) is 5.75 Å². The Morgan fingerprint density at radius 1 is 1.35 bits per heavy atom. The number of anilines is 1. The van der Waals surface area contributed by atoms with Crippen LogP contribution in [0.25, 0.3) is 10.9 Å². The maximum Gasteiger partial charge on any atom is 0.320 e. The topological polar surface area (TPSA) is 99.4 Å². The monoisotopic (exact) mass is 294 g/mol. The Bertz CT molecular complexity index is 756. The van der Waals surface area contributed by atoms with Gasteiger partial charge in [-0.1, -0.05) is 6.07 Å². The minimum Gasteiger partial charge on any atom is -0.468 e. The number of fused-ring (bicyclic) bond motifs is 1. The van der Waals surface area contributed by atoms with Gasteiger partial charge in [-0.25, -0.2) is 8.42 Å². The van der Waals surface area contributed by atoms with Crippen LogP contribution in [0.3, 0.4) is 0 Å². The highest BCUT2D eigenvalue weighted by Gasteiger charge is 2.19. The molecule has 0 atom stereocenters. The summed E-state index contributed by atoms with van der Waals surface area (Å²) in [5.74, 6) is -1.71. The predicted molar refractivity (Wildman–Crippen MR) is 75.7 cm³/mol. The molecule has 1 heterocycles. The molecule has 0 unspecified atom stereocenters. The van der Waals surface area contributed by atoms with Crippen LogP contribution in [-0.2, 0) is 25.1 Å². The number of pyridine rings is 1. The first-order valence-electron chi connectivity index (χ1n) is 5.82. The molecule has 0 saturated carbocycles. The third kappa shape index (κ3) is 3.05. The smallest absolute Gasteiger partial charge is 0.320 e. The Kier molecular flexibility index (Phi) is 3.89. The van der Waals surface area contributed by atoms with Crippen molar-refractivity contribution in [2.75, 3.05) is 18.6 Å². The average molecular weight is 294 g/mol. The molecule has 0 aliphatic rings. The van der Waals surface area contributed by atoms with E-state index in [0.29, 0.717) is 22.2 Å². The molecule has 1 aromatic carbocycles. The maximum absolute atomic E-state index is 11.9. The number of ether oxygens (including phenoxy) is 1. The fourth-order valence-corrected chi connectivity index (χ4v) is 3.18. The number of aromatic nitrogens is 1. The van der Waals surface area contributed by atoms with Gasteiger partial charge in [-0.2, -0.15) is 0 Å². The lowest BCUT2D eigenvalue weighted by molar-refractivity contribution is -0.137. The third-order valence-electron chi connectivity index (χ3n) is 2.83. The van der Waals surface area contributed by atoms with Crippen LogP contribution in [0.4, 0.5) is 5.69 Å². The van der Waals surface area contributed by atoms with Crippen LogP contribution >= 0.6 is 0 Å². The zero-order chi connectivity index (χ0) is 14.8.